The molecule has 0 atom stereocenters. The average Bonchev–Trinajstić information content (AvgIpc) is 2.61. The first-order chi connectivity index (χ1) is 7.66. The number of hydrogen-bond donors (Lipinski definition) is 2. The molecule has 0 aliphatic carbocycles. The van der Waals surface area contributed by atoms with Crippen LogP contribution in [-0.2, 0) is 0 Å². The highest BCUT2D eigenvalue weighted by molar-refractivity contribution is 6.31. The number of nitrogens with zero attached hydrogens (tertiary/aromatic N) is 4. The molecule has 2 aliphatic rings. The molecule has 0 radical (unpaired) electrons. The van der Waals surface area contributed by atoms with Gasteiger partial charge in [0.1, 0.15) is 10.9 Å². The number of aromatic nitrogens is 4. The monoisotopic (exact) mass is 235 g/mol. The maximum Gasteiger partial charge on any atom is 0.204 e. The minimum Gasteiger partial charge on any atom is -0.411 e. The molecule has 16 heavy (non-hydrogen) atoms. The third-order valence-corrected chi connectivity index (χ3v) is 2.55. The van der Waals surface area contributed by atoms with Gasteiger partial charge in [-0.25, -0.2) is 4.68 Å². The summed E-state index contributed by atoms with van der Waals surface area (Å²) in [5.74, 6) is 0.275. The molecule has 0 saturated heterocycles. The Balaban J connectivity index is 2.60. The van der Waals surface area contributed by atoms with E-state index in [1.807, 2.05) is 0 Å². The summed E-state index contributed by atoms with van der Waals surface area (Å²) in [7, 11) is 0. The molecule has 2 heterocycles. The number of rotatable bonds is 0. The smallest absolute Gasteiger partial charge is 0.204 e. The molecule has 1 aromatic rings. The van der Waals surface area contributed by atoms with E-state index in [9.17, 15) is 5.21 Å². The number of nitrogens with one attached hydrogen (secondary N) is 1. The molecule has 1 aromatic carbocycles. The van der Waals surface area contributed by atoms with Crippen LogP contribution in [0.4, 0.5) is 0 Å². The van der Waals surface area contributed by atoms with Crippen molar-refractivity contribution >= 4 is 22.6 Å². The number of fused-ring (bicyclic) bond motifs is 3. The van der Waals surface area contributed by atoms with Crippen molar-refractivity contribution in [3.8, 4) is 5.82 Å². The van der Waals surface area contributed by atoms with Crippen LogP contribution in [0.25, 0.3) is 16.9 Å². The Morgan fingerprint density at radius 3 is 2.94 bits per heavy atom. The van der Waals surface area contributed by atoms with Crippen LogP contribution >= 0.6 is 11.6 Å². The van der Waals surface area contributed by atoms with Crippen molar-refractivity contribution in [2.24, 2.45) is 0 Å². The van der Waals surface area contributed by atoms with E-state index in [0.29, 0.717) is 16.1 Å². The van der Waals surface area contributed by atoms with Crippen LogP contribution in [0, 0.1) is 5.41 Å². The second-order valence-electron chi connectivity index (χ2n) is 3.32. The van der Waals surface area contributed by atoms with Crippen molar-refractivity contribution in [1.29, 1.82) is 5.41 Å². The summed E-state index contributed by atoms with van der Waals surface area (Å²) in [6.45, 7) is 0. The van der Waals surface area contributed by atoms with Gasteiger partial charge in [0, 0.05) is 5.02 Å². The first-order valence-corrected chi connectivity index (χ1v) is 4.85. The Hall–Kier alpha value is -2.08. The van der Waals surface area contributed by atoms with Gasteiger partial charge in [0.05, 0.1) is 11.7 Å². The predicted octanol–water partition coefficient (Wildman–Crippen LogP) is 1.03. The minimum atomic E-state index is 0.143. The standard InChI is InChI=1S/C9H6ClN5O/c10-5-1-2-7-8(3-5)14-9(13-15(7)16)6(11)4-12-14/h1-4,11,16H. The lowest BCUT2D eigenvalue weighted by Gasteiger charge is -2.09. The van der Waals surface area contributed by atoms with Crippen LogP contribution in [-0.4, -0.2) is 24.9 Å². The molecule has 0 aromatic heterocycles. The van der Waals surface area contributed by atoms with E-state index < -0.39 is 0 Å². The van der Waals surface area contributed by atoms with Gasteiger partial charge in [0.25, 0.3) is 0 Å². The van der Waals surface area contributed by atoms with E-state index in [0.717, 1.165) is 4.85 Å². The molecule has 0 saturated carbocycles. The molecule has 0 amide bonds. The predicted molar refractivity (Wildman–Crippen MR) is 56.1 cm³/mol. The molecule has 6 nitrogen and oxygen atoms in total. The van der Waals surface area contributed by atoms with Gasteiger partial charge < -0.3 is 5.21 Å². The third kappa shape index (κ3) is 1.10. The Bertz CT molecular complexity index is 716. The van der Waals surface area contributed by atoms with Gasteiger partial charge in [-0.15, -0.1) is 5.10 Å². The quantitative estimate of drug-likeness (QED) is 0.571. The molecule has 0 unspecified atom stereocenters. The number of benzene rings is 1. The highest BCUT2D eigenvalue weighted by Crippen LogP contribution is 2.19. The lowest BCUT2D eigenvalue weighted by molar-refractivity contribution is 0.156. The normalized spacial score (nSPS) is 11.3. The summed E-state index contributed by atoms with van der Waals surface area (Å²) >= 11 is 5.88. The van der Waals surface area contributed by atoms with Crippen molar-refractivity contribution in [2.45, 2.75) is 0 Å². The topological polar surface area (TPSA) is 79.7 Å². The summed E-state index contributed by atoms with van der Waals surface area (Å²) in [4.78, 5) is 0.723. The third-order valence-electron chi connectivity index (χ3n) is 2.31. The largest absolute Gasteiger partial charge is 0.411 e. The molecule has 3 rings (SSSR count). The van der Waals surface area contributed by atoms with Gasteiger partial charge in [-0.2, -0.15) is 5.10 Å². The van der Waals surface area contributed by atoms with Gasteiger partial charge >= 0.3 is 0 Å². The van der Waals surface area contributed by atoms with Crippen molar-refractivity contribution in [1.82, 2.24) is 19.7 Å². The fourth-order valence-corrected chi connectivity index (χ4v) is 1.76. The van der Waals surface area contributed by atoms with E-state index in [1.54, 1.807) is 18.2 Å². The van der Waals surface area contributed by atoms with Gasteiger partial charge in [-0.1, -0.05) is 16.4 Å². The maximum absolute atomic E-state index is 9.64. The highest BCUT2D eigenvalue weighted by atomic mass is 35.5. The lowest BCUT2D eigenvalue weighted by atomic mass is 10.3. The van der Waals surface area contributed by atoms with Crippen LogP contribution in [0.3, 0.4) is 0 Å². The molecular weight excluding hydrogens is 230 g/mol. The number of hydrogen-bond acceptors (Lipinski definition) is 4. The van der Waals surface area contributed by atoms with Gasteiger partial charge in [-0.05, 0) is 18.2 Å². The number of halogens is 1. The highest BCUT2D eigenvalue weighted by Gasteiger charge is 2.13. The SMILES string of the molecule is N=c1cnn2c3cc(Cl)ccc3n(O)nc1-2. The molecule has 0 fully saturated rings. The Kier molecular flexibility index (Phi) is 1.69. The molecule has 2 N–H and O–H groups in total. The minimum absolute atomic E-state index is 0.143. The fourth-order valence-electron chi connectivity index (χ4n) is 1.59. The average molecular weight is 236 g/mol. The van der Waals surface area contributed by atoms with Crippen molar-refractivity contribution < 1.29 is 5.21 Å². The molecule has 7 heteroatoms. The summed E-state index contributed by atoms with van der Waals surface area (Å²) in [6.07, 6.45) is 1.36. The lowest BCUT2D eigenvalue weighted by Crippen LogP contribution is -2.15. The Morgan fingerprint density at radius 1 is 1.31 bits per heavy atom. The van der Waals surface area contributed by atoms with Gasteiger partial charge in [0.15, 0.2) is 0 Å². The van der Waals surface area contributed by atoms with Crippen LogP contribution in [0.2, 0.25) is 5.02 Å². The molecular formula is C9H6ClN5O. The van der Waals surface area contributed by atoms with E-state index in [-0.39, 0.29) is 11.2 Å². The fraction of sp³-hybridized carbons (Fsp3) is 0. The first kappa shape index (κ1) is 9.17. The van der Waals surface area contributed by atoms with Crippen LogP contribution in [0.15, 0.2) is 24.4 Å². The molecule has 0 bridgehead atoms. The van der Waals surface area contributed by atoms with Crippen LogP contribution in [0.1, 0.15) is 0 Å². The maximum atomic E-state index is 9.64. The summed E-state index contributed by atoms with van der Waals surface area (Å²) < 4.78 is 1.47. The molecule has 0 spiro atoms. The van der Waals surface area contributed by atoms with Gasteiger partial charge in [-0.3, -0.25) is 5.41 Å². The second-order valence-corrected chi connectivity index (χ2v) is 3.75. The van der Waals surface area contributed by atoms with Crippen molar-refractivity contribution in [3.63, 3.8) is 0 Å². The van der Waals surface area contributed by atoms with Gasteiger partial charge in [0.2, 0.25) is 5.82 Å². The van der Waals surface area contributed by atoms with Crippen LogP contribution in [0.5, 0.6) is 0 Å². The van der Waals surface area contributed by atoms with Crippen molar-refractivity contribution in [2.75, 3.05) is 0 Å². The Labute approximate surface area is 94.1 Å². The van der Waals surface area contributed by atoms with E-state index in [4.69, 9.17) is 17.0 Å². The summed E-state index contributed by atoms with van der Waals surface area (Å²) in [5.41, 5.74) is 1.07. The van der Waals surface area contributed by atoms with E-state index in [1.165, 1.54) is 10.9 Å². The van der Waals surface area contributed by atoms with Crippen molar-refractivity contribution in [3.05, 3.63) is 34.8 Å². The van der Waals surface area contributed by atoms with Crippen LogP contribution < -0.4 is 5.36 Å². The molecule has 80 valence electrons. The van der Waals surface area contributed by atoms with E-state index in [2.05, 4.69) is 10.2 Å². The van der Waals surface area contributed by atoms with E-state index >= 15 is 0 Å². The summed E-state index contributed by atoms with van der Waals surface area (Å²) in [5, 5.41) is 25.7. The zero-order valence-corrected chi connectivity index (χ0v) is 8.68. The first-order valence-electron chi connectivity index (χ1n) is 4.47. The molecule has 2 aliphatic heterocycles. The second kappa shape index (κ2) is 2.96. The zero-order chi connectivity index (χ0) is 11.3. The summed E-state index contributed by atoms with van der Waals surface area (Å²) in [6, 6.07) is 4.94. The zero-order valence-electron chi connectivity index (χ0n) is 7.92. The Morgan fingerprint density at radius 2 is 2.12 bits per heavy atom.